The average molecular weight is 266 g/mol. The van der Waals surface area contributed by atoms with E-state index in [-0.39, 0.29) is 18.5 Å². The molecule has 1 aromatic rings. The van der Waals surface area contributed by atoms with Crippen LogP contribution in [0.1, 0.15) is 18.4 Å². The van der Waals surface area contributed by atoms with E-state index in [9.17, 15) is 9.18 Å². The lowest BCUT2D eigenvalue weighted by Gasteiger charge is -2.31. The van der Waals surface area contributed by atoms with Crippen molar-refractivity contribution in [2.75, 3.05) is 19.7 Å². The van der Waals surface area contributed by atoms with Crippen LogP contribution >= 0.6 is 0 Å². The summed E-state index contributed by atoms with van der Waals surface area (Å²) in [6.45, 7) is 1.86. The maximum Gasteiger partial charge on any atom is 0.317 e. The SMILES string of the molecule is O=C(NCc1cccc(F)c1)N1CCC(CO)CC1. The maximum atomic E-state index is 13.0. The fourth-order valence-electron chi connectivity index (χ4n) is 2.26. The van der Waals surface area contributed by atoms with Gasteiger partial charge >= 0.3 is 6.03 Å². The van der Waals surface area contributed by atoms with Crippen molar-refractivity contribution in [2.24, 2.45) is 5.92 Å². The second-order valence-corrected chi connectivity index (χ2v) is 4.90. The summed E-state index contributed by atoms with van der Waals surface area (Å²) in [5, 5.41) is 11.8. The Hall–Kier alpha value is -1.62. The number of halogens is 1. The third-order valence-electron chi connectivity index (χ3n) is 3.49. The quantitative estimate of drug-likeness (QED) is 0.875. The first kappa shape index (κ1) is 13.8. The van der Waals surface area contributed by atoms with Crippen LogP contribution in [-0.2, 0) is 6.54 Å². The molecule has 1 fully saturated rings. The highest BCUT2D eigenvalue weighted by molar-refractivity contribution is 5.74. The number of carbonyl (C=O) groups excluding carboxylic acids is 1. The van der Waals surface area contributed by atoms with Crippen LogP contribution in [0.3, 0.4) is 0 Å². The normalized spacial score (nSPS) is 16.4. The third-order valence-corrected chi connectivity index (χ3v) is 3.49. The lowest BCUT2D eigenvalue weighted by atomic mass is 9.98. The van der Waals surface area contributed by atoms with E-state index < -0.39 is 0 Å². The Morgan fingerprint density at radius 1 is 1.42 bits per heavy atom. The molecule has 1 heterocycles. The Morgan fingerprint density at radius 2 is 2.16 bits per heavy atom. The van der Waals surface area contributed by atoms with Crippen molar-refractivity contribution in [2.45, 2.75) is 19.4 Å². The molecule has 5 heteroatoms. The number of hydrogen-bond donors (Lipinski definition) is 2. The molecular weight excluding hydrogens is 247 g/mol. The van der Waals surface area contributed by atoms with Gasteiger partial charge < -0.3 is 15.3 Å². The van der Waals surface area contributed by atoms with Crippen LogP contribution in [-0.4, -0.2) is 35.7 Å². The summed E-state index contributed by atoms with van der Waals surface area (Å²) in [5.41, 5.74) is 0.749. The average Bonchev–Trinajstić information content (AvgIpc) is 2.45. The van der Waals surface area contributed by atoms with E-state index in [0.29, 0.717) is 25.6 Å². The number of amides is 2. The van der Waals surface area contributed by atoms with Crippen molar-refractivity contribution in [1.29, 1.82) is 0 Å². The van der Waals surface area contributed by atoms with Gasteiger partial charge in [0.05, 0.1) is 0 Å². The van der Waals surface area contributed by atoms with Gasteiger partial charge in [0, 0.05) is 26.2 Å². The van der Waals surface area contributed by atoms with Crippen LogP contribution < -0.4 is 5.32 Å². The molecule has 2 amide bonds. The van der Waals surface area contributed by atoms with Crippen LogP contribution in [0.4, 0.5) is 9.18 Å². The van der Waals surface area contributed by atoms with E-state index in [1.807, 2.05) is 0 Å². The molecule has 1 aliphatic heterocycles. The standard InChI is InChI=1S/C14H19FN2O2/c15-13-3-1-2-12(8-13)9-16-14(19)17-6-4-11(10-18)5-7-17/h1-3,8,11,18H,4-7,9-10H2,(H,16,19). The molecule has 2 rings (SSSR count). The molecule has 0 aliphatic carbocycles. The molecule has 104 valence electrons. The molecule has 1 aliphatic rings. The summed E-state index contributed by atoms with van der Waals surface area (Å²) in [6.07, 6.45) is 1.67. The van der Waals surface area contributed by atoms with Crippen molar-refractivity contribution in [3.63, 3.8) is 0 Å². The highest BCUT2D eigenvalue weighted by Gasteiger charge is 2.21. The number of carbonyl (C=O) groups is 1. The molecule has 0 unspecified atom stereocenters. The highest BCUT2D eigenvalue weighted by Crippen LogP contribution is 2.16. The molecule has 2 N–H and O–H groups in total. The van der Waals surface area contributed by atoms with Gasteiger partial charge in [-0.25, -0.2) is 9.18 Å². The van der Waals surface area contributed by atoms with Crippen molar-refractivity contribution in [1.82, 2.24) is 10.2 Å². The molecular formula is C14H19FN2O2. The van der Waals surface area contributed by atoms with Crippen LogP contribution in [0, 0.1) is 11.7 Å². The van der Waals surface area contributed by atoms with Crippen molar-refractivity contribution >= 4 is 6.03 Å². The molecule has 19 heavy (non-hydrogen) atoms. The van der Waals surface area contributed by atoms with Gasteiger partial charge in [-0.1, -0.05) is 12.1 Å². The molecule has 4 nitrogen and oxygen atoms in total. The van der Waals surface area contributed by atoms with Crippen molar-refractivity contribution in [3.05, 3.63) is 35.6 Å². The molecule has 0 atom stereocenters. The first-order valence-corrected chi connectivity index (χ1v) is 6.57. The number of likely N-dealkylation sites (tertiary alicyclic amines) is 1. The number of piperidine rings is 1. The minimum atomic E-state index is -0.296. The number of aliphatic hydroxyl groups is 1. The van der Waals surface area contributed by atoms with Crippen LogP contribution in [0.5, 0.6) is 0 Å². The zero-order chi connectivity index (χ0) is 13.7. The number of hydrogen-bond acceptors (Lipinski definition) is 2. The topological polar surface area (TPSA) is 52.6 Å². The molecule has 0 radical (unpaired) electrons. The summed E-state index contributed by atoms with van der Waals surface area (Å²) < 4.78 is 13.0. The fourth-order valence-corrected chi connectivity index (χ4v) is 2.26. The van der Waals surface area contributed by atoms with Gasteiger partial charge in [0.25, 0.3) is 0 Å². The van der Waals surface area contributed by atoms with Crippen LogP contribution in [0.25, 0.3) is 0 Å². The number of nitrogens with one attached hydrogen (secondary N) is 1. The molecule has 0 bridgehead atoms. The summed E-state index contributed by atoms with van der Waals surface area (Å²) in [6, 6.07) is 6.08. The summed E-state index contributed by atoms with van der Waals surface area (Å²) >= 11 is 0. The van der Waals surface area contributed by atoms with E-state index in [1.54, 1.807) is 17.0 Å². The van der Waals surface area contributed by atoms with Crippen LogP contribution in [0.2, 0.25) is 0 Å². The van der Waals surface area contributed by atoms with Gasteiger partial charge in [0.1, 0.15) is 5.82 Å². The molecule has 1 aromatic carbocycles. The van der Waals surface area contributed by atoms with Gasteiger partial charge in [-0.15, -0.1) is 0 Å². The minimum Gasteiger partial charge on any atom is -0.396 e. The zero-order valence-electron chi connectivity index (χ0n) is 10.8. The van der Waals surface area contributed by atoms with E-state index >= 15 is 0 Å². The lowest BCUT2D eigenvalue weighted by molar-refractivity contribution is 0.137. The Kier molecular flexibility index (Phi) is 4.74. The highest BCUT2D eigenvalue weighted by atomic mass is 19.1. The Bertz CT molecular complexity index is 431. The molecule has 0 aromatic heterocycles. The van der Waals surface area contributed by atoms with Crippen molar-refractivity contribution in [3.8, 4) is 0 Å². The Morgan fingerprint density at radius 3 is 2.79 bits per heavy atom. The molecule has 1 saturated heterocycles. The van der Waals surface area contributed by atoms with E-state index in [2.05, 4.69) is 5.32 Å². The van der Waals surface area contributed by atoms with Gasteiger partial charge in [-0.3, -0.25) is 0 Å². The first-order chi connectivity index (χ1) is 9.19. The predicted octanol–water partition coefficient (Wildman–Crippen LogP) is 1.74. The number of rotatable bonds is 3. The lowest BCUT2D eigenvalue weighted by Crippen LogP contribution is -2.44. The summed E-state index contributed by atoms with van der Waals surface area (Å²) in [5.74, 6) is 0.0165. The summed E-state index contributed by atoms with van der Waals surface area (Å²) in [7, 11) is 0. The minimum absolute atomic E-state index is 0.124. The number of benzene rings is 1. The second kappa shape index (κ2) is 6.52. The molecule has 0 spiro atoms. The van der Waals surface area contributed by atoms with E-state index in [0.717, 1.165) is 18.4 Å². The number of urea groups is 1. The van der Waals surface area contributed by atoms with Gasteiger partial charge in [-0.05, 0) is 36.5 Å². The Labute approximate surface area is 112 Å². The second-order valence-electron chi connectivity index (χ2n) is 4.90. The van der Waals surface area contributed by atoms with Gasteiger partial charge in [-0.2, -0.15) is 0 Å². The van der Waals surface area contributed by atoms with Gasteiger partial charge in [0.2, 0.25) is 0 Å². The number of aliphatic hydroxyl groups excluding tert-OH is 1. The number of nitrogens with zero attached hydrogens (tertiary/aromatic N) is 1. The predicted molar refractivity (Wildman–Crippen MR) is 70.0 cm³/mol. The zero-order valence-corrected chi connectivity index (χ0v) is 10.8. The maximum absolute atomic E-state index is 13.0. The van der Waals surface area contributed by atoms with Gasteiger partial charge in [0.15, 0.2) is 0 Å². The monoisotopic (exact) mass is 266 g/mol. The smallest absolute Gasteiger partial charge is 0.317 e. The van der Waals surface area contributed by atoms with Crippen LogP contribution in [0.15, 0.2) is 24.3 Å². The van der Waals surface area contributed by atoms with E-state index in [4.69, 9.17) is 5.11 Å². The molecule has 0 saturated carbocycles. The third kappa shape index (κ3) is 3.92. The van der Waals surface area contributed by atoms with Crippen molar-refractivity contribution < 1.29 is 14.3 Å². The van der Waals surface area contributed by atoms with E-state index in [1.165, 1.54) is 12.1 Å². The largest absolute Gasteiger partial charge is 0.396 e. The summed E-state index contributed by atoms with van der Waals surface area (Å²) in [4.78, 5) is 13.7. The first-order valence-electron chi connectivity index (χ1n) is 6.57. The Balaban J connectivity index is 1.79. The fraction of sp³-hybridized carbons (Fsp3) is 0.500.